The minimum absolute atomic E-state index is 0.260. The summed E-state index contributed by atoms with van der Waals surface area (Å²) in [5, 5.41) is 2.78. The lowest BCUT2D eigenvalue weighted by atomic mass is 9.95. The number of fused-ring (bicyclic) bond motifs is 4. The smallest absolute Gasteiger partial charge is 0.267 e. The Labute approximate surface area is 203 Å². The number of rotatable bonds is 2. The lowest BCUT2D eigenvalue weighted by molar-refractivity contribution is 0.780. The average molecular weight is 483 g/mol. The van der Waals surface area contributed by atoms with E-state index < -0.39 is 0 Å². The maximum atomic E-state index is 13.9. The minimum Gasteiger partial charge on any atom is -0.267 e. The van der Waals surface area contributed by atoms with Gasteiger partial charge in [-0.15, -0.1) is 0 Å². The Bertz CT molecular complexity index is 1850. The zero-order valence-electron chi connectivity index (χ0n) is 17.7. The van der Waals surface area contributed by atoms with E-state index in [0.29, 0.717) is 32.0 Å². The summed E-state index contributed by atoms with van der Waals surface area (Å²) in [6.45, 7) is 0. The lowest BCUT2D eigenvalue weighted by Gasteiger charge is -2.20. The van der Waals surface area contributed by atoms with E-state index in [1.807, 2.05) is 60.7 Å². The fourth-order valence-electron chi connectivity index (χ4n) is 4.57. The van der Waals surface area contributed by atoms with Crippen LogP contribution in [0.5, 0.6) is 0 Å². The van der Waals surface area contributed by atoms with E-state index in [9.17, 15) is 9.59 Å². The summed E-state index contributed by atoms with van der Waals surface area (Å²) in [6.07, 6.45) is 0. The molecule has 0 radical (unpaired) electrons. The predicted molar refractivity (Wildman–Crippen MR) is 139 cm³/mol. The van der Waals surface area contributed by atoms with Gasteiger partial charge in [-0.1, -0.05) is 77.8 Å². The Morgan fingerprint density at radius 3 is 1.56 bits per heavy atom. The summed E-state index contributed by atoms with van der Waals surface area (Å²) >= 11 is 12.4. The third-order valence-electron chi connectivity index (χ3n) is 6.07. The summed E-state index contributed by atoms with van der Waals surface area (Å²) in [6, 6.07) is 29.3. The van der Waals surface area contributed by atoms with Gasteiger partial charge >= 0.3 is 0 Å². The van der Waals surface area contributed by atoms with Crippen LogP contribution in [0.1, 0.15) is 0 Å². The van der Waals surface area contributed by atoms with Gasteiger partial charge in [0.25, 0.3) is 11.1 Å². The monoisotopic (exact) mass is 482 g/mol. The van der Waals surface area contributed by atoms with Crippen LogP contribution in [0.4, 0.5) is 0 Å². The number of hydrogen-bond acceptors (Lipinski definition) is 2. The van der Waals surface area contributed by atoms with Crippen LogP contribution in [0.2, 0.25) is 10.0 Å². The van der Waals surface area contributed by atoms with Gasteiger partial charge in [0.15, 0.2) is 0 Å². The molecule has 0 aliphatic rings. The van der Waals surface area contributed by atoms with Gasteiger partial charge in [-0.3, -0.25) is 9.59 Å². The molecular weight excluding hydrogens is 467 g/mol. The van der Waals surface area contributed by atoms with Crippen LogP contribution >= 0.6 is 23.2 Å². The topological polar surface area (TPSA) is 43.0 Å². The number of nitrogens with zero attached hydrogens (tertiary/aromatic N) is 2. The molecule has 34 heavy (non-hydrogen) atoms. The van der Waals surface area contributed by atoms with Crippen LogP contribution in [0, 0.1) is 0 Å². The van der Waals surface area contributed by atoms with E-state index in [4.69, 9.17) is 23.2 Å². The maximum absolute atomic E-state index is 13.9. The Hall–Kier alpha value is -3.86. The van der Waals surface area contributed by atoms with Crippen molar-refractivity contribution in [1.29, 1.82) is 0 Å². The van der Waals surface area contributed by atoms with Gasteiger partial charge in [0.1, 0.15) is 0 Å². The predicted octanol–water partition coefficient (Wildman–Crippen LogP) is 6.71. The molecule has 0 fully saturated rings. The van der Waals surface area contributed by atoms with Gasteiger partial charge < -0.3 is 0 Å². The van der Waals surface area contributed by atoms with Gasteiger partial charge in [-0.25, -0.2) is 9.03 Å². The summed E-state index contributed by atoms with van der Waals surface area (Å²) in [5.74, 6) is 0. The molecule has 6 rings (SSSR count). The van der Waals surface area contributed by atoms with Crippen molar-refractivity contribution in [2.45, 2.75) is 0 Å². The number of benzene rings is 4. The molecule has 0 saturated heterocycles. The highest BCUT2D eigenvalue weighted by Gasteiger charge is 2.21. The summed E-state index contributed by atoms with van der Waals surface area (Å²) in [5.41, 5.74) is 3.16. The van der Waals surface area contributed by atoms with Crippen molar-refractivity contribution in [3.8, 4) is 22.4 Å². The van der Waals surface area contributed by atoms with Crippen LogP contribution in [0.3, 0.4) is 0 Å². The lowest BCUT2D eigenvalue weighted by Crippen LogP contribution is -2.32. The SMILES string of the molecule is O=c1c2ccccc2c(=O)n2c3ccccc3c(-c3ccc(Cl)cc3)c(-c3ccc(Cl)cc3)n12. The summed E-state index contributed by atoms with van der Waals surface area (Å²) in [7, 11) is 0. The zero-order chi connectivity index (χ0) is 23.4. The van der Waals surface area contributed by atoms with Crippen molar-refractivity contribution in [2.75, 3.05) is 0 Å². The molecule has 6 heteroatoms. The highest BCUT2D eigenvalue weighted by Crippen LogP contribution is 2.37. The molecule has 0 unspecified atom stereocenters. The van der Waals surface area contributed by atoms with Gasteiger partial charge in [-0.2, -0.15) is 0 Å². The van der Waals surface area contributed by atoms with Crippen LogP contribution in [0.15, 0.2) is 107 Å². The first-order valence-electron chi connectivity index (χ1n) is 10.7. The van der Waals surface area contributed by atoms with Crippen LogP contribution in [0.25, 0.3) is 44.1 Å². The van der Waals surface area contributed by atoms with E-state index in [-0.39, 0.29) is 11.1 Å². The molecule has 2 aromatic heterocycles. The van der Waals surface area contributed by atoms with Crippen molar-refractivity contribution >= 4 is 44.9 Å². The van der Waals surface area contributed by atoms with Crippen LogP contribution in [-0.4, -0.2) is 9.03 Å². The molecule has 0 aliphatic heterocycles. The second-order valence-corrected chi connectivity index (χ2v) is 8.91. The fourth-order valence-corrected chi connectivity index (χ4v) is 4.82. The van der Waals surface area contributed by atoms with E-state index in [1.54, 1.807) is 36.4 Å². The Morgan fingerprint density at radius 2 is 0.971 bits per heavy atom. The highest BCUT2D eigenvalue weighted by atomic mass is 35.5. The molecule has 0 aliphatic carbocycles. The fraction of sp³-hybridized carbons (Fsp3) is 0. The van der Waals surface area contributed by atoms with Gasteiger partial charge in [0.2, 0.25) is 0 Å². The second kappa shape index (κ2) is 7.87. The molecule has 4 aromatic carbocycles. The summed E-state index contributed by atoms with van der Waals surface area (Å²) in [4.78, 5) is 27.7. The first-order valence-corrected chi connectivity index (χ1v) is 11.4. The minimum atomic E-state index is -0.277. The standard InChI is InChI=1S/C28H16Cl2N2O2/c29-19-13-9-17(10-14-19)25-23-7-3-4-8-24(23)31-27(33)21-5-1-2-6-22(21)28(34)32(31)26(25)18-11-15-20(30)16-12-18/h1-16H. The van der Waals surface area contributed by atoms with Gasteiger partial charge in [-0.05, 0) is 48.0 Å². The Balaban J connectivity index is 1.97. The van der Waals surface area contributed by atoms with Crippen LogP contribution < -0.4 is 11.1 Å². The van der Waals surface area contributed by atoms with E-state index in [1.165, 1.54) is 9.03 Å². The van der Waals surface area contributed by atoms with E-state index in [2.05, 4.69) is 0 Å². The second-order valence-electron chi connectivity index (χ2n) is 8.03. The van der Waals surface area contributed by atoms with E-state index in [0.717, 1.165) is 22.1 Å². The van der Waals surface area contributed by atoms with Crippen molar-refractivity contribution < 1.29 is 0 Å². The third-order valence-corrected chi connectivity index (χ3v) is 6.58. The third kappa shape index (κ3) is 3.07. The molecule has 0 saturated carbocycles. The zero-order valence-corrected chi connectivity index (χ0v) is 19.2. The Morgan fingerprint density at radius 1 is 0.500 bits per heavy atom. The largest absolute Gasteiger partial charge is 0.278 e. The molecular formula is C28H16Cl2N2O2. The van der Waals surface area contributed by atoms with Crippen molar-refractivity contribution in [3.05, 3.63) is 128 Å². The average Bonchev–Trinajstić information content (AvgIpc) is 2.87. The first kappa shape index (κ1) is 20.7. The van der Waals surface area contributed by atoms with E-state index >= 15 is 0 Å². The number of hydrogen-bond donors (Lipinski definition) is 0. The Kier molecular flexibility index (Phi) is 4.80. The highest BCUT2D eigenvalue weighted by molar-refractivity contribution is 6.31. The molecule has 4 nitrogen and oxygen atoms in total. The van der Waals surface area contributed by atoms with Crippen molar-refractivity contribution in [3.63, 3.8) is 0 Å². The number of halogens is 2. The number of para-hydroxylation sites is 1. The van der Waals surface area contributed by atoms with Crippen LogP contribution in [-0.2, 0) is 0 Å². The molecule has 164 valence electrons. The molecule has 0 N–H and O–H groups in total. The first-order chi connectivity index (χ1) is 16.5. The molecule has 0 amide bonds. The molecule has 0 bridgehead atoms. The van der Waals surface area contributed by atoms with Crippen molar-refractivity contribution in [2.24, 2.45) is 0 Å². The molecule has 6 aromatic rings. The molecule has 0 atom stereocenters. The van der Waals surface area contributed by atoms with Gasteiger partial charge in [0, 0.05) is 26.6 Å². The quantitative estimate of drug-likeness (QED) is 0.203. The van der Waals surface area contributed by atoms with Crippen molar-refractivity contribution in [1.82, 2.24) is 9.03 Å². The number of aromatic nitrogens is 2. The molecule has 2 heterocycles. The molecule has 0 spiro atoms. The van der Waals surface area contributed by atoms with Gasteiger partial charge in [0.05, 0.1) is 22.0 Å². The summed E-state index contributed by atoms with van der Waals surface area (Å²) < 4.78 is 2.96. The maximum Gasteiger partial charge on any atom is 0.278 e. The normalized spacial score (nSPS) is 11.5.